The lowest BCUT2D eigenvalue weighted by atomic mass is 10.1. The molecule has 2 N–H and O–H groups in total. The van der Waals surface area contributed by atoms with Crippen molar-refractivity contribution in [3.8, 4) is 11.5 Å². The molecule has 1 aromatic heterocycles. The summed E-state index contributed by atoms with van der Waals surface area (Å²) in [6.45, 7) is 0.167. The van der Waals surface area contributed by atoms with Crippen LogP contribution in [0.1, 0.15) is 12.5 Å². The van der Waals surface area contributed by atoms with Crippen LogP contribution in [0, 0.1) is 0 Å². The van der Waals surface area contributed by atoms with Crippen molar-refractivity contribution in [2.24, 2.45) is 0 Å². The minimum Gasteiger partial charge on any atom is -0.454 e. The quantitative estimate of drug-likeness (QED) is 0.739. The first-order valence-corrected chi connectivity index (χ1v) is 8.16. The van der Waals surface area contributed by atoms with Crippen LogP contribution in [0.4, 0.5) is 11.6 Å². The third kappa shape index (κ3) is 2.26. The molecule has 0 saturated carbocycles. The maximum Gasteiger partial charge on any atom is 0.248 e. The Morgan fingerprint density at radius 2 is 2.04 bits per heavy atom. The highest BCUT2D eigenvalue weighted by atomic mass is 16.7. The summed E-state index contributed by atoms with van der Waals surface area (Å²) in [6, 6.07) is 12.0. The second-order valence-corrected chi connectivity index (χ2v) is 6.12. The predicted octanol–water partition coefficient (Wildman–Crippen LogP) is 2.29. The van der Waals surface area contributed by atoms with Crippen molar-refractivity contribution < 1.29 is 19.1 Å². The van der Waals surface area contributed by atoms with Crippen molar-refractivity contribution in [3.63, 3.8) is 0 Å². The molecule has 0 bridgehead atoms. The molecule has 130 valence electrons. The van der Waals surface area contributed by atoms with E-state index < -0.39 is 6.04 Å². The van der Waals surface area contributed by atoms with Crippen LogP contribution in [-0.2, 0) is 9.59 Å². The molecule has 3 heterocycles. The van der Waals surface area contributed by atoms with Gasteiger partial charge in [-0.15, -0.1) is 0 Å². The number of hydrogen-bond acceptors (Lipinski definition) is 5. The van der Waals surface area contributed by atoms with Gasteiger partial charge in [-0.25, -0.2) is 4.98 Å². The number of hydrogen-bond donors (Lipinski definition) is 2. The molecule has 2 aliphatic rings. The lowest BCUT2D eigenvalue weighted by Gasteiger charge is -2.25. The Balaban J connectivity index is 1.50. The number of nitrogens with one attached hydrogen (secondary N) is 2. The van der Waals surface area contributed by atoms with E-state index in [-0.39, 0.29) is 25.0 Å². The highest BCUT2D eigenvalue weighted by molar-refractivity contribution is 6.03. The first-order valence-electron chi connectivity index (χ1n) is 8.16. The number of aromatic nitrogens is 2. The van der Waals surface area contributed by atoms with Gasteiger partial charge in [0, 0.05) is 11.8 Å². The molecule has 0 spiro atoms. The molecule has 8 nitrogen and oxygen atoms in total. The summed E-state index contributed by atoms with van der Waals surface area (Å²) in [5.74, 6) is 1.08. The van der Waals surface area contributed by atoms with Gasteiger partial charge in [-0.3, -0.25) is 19.5 Å². The number of ether oxygens (including phenoxy) is 2. The Hall–Kier alpha value is -3.55. The highest BCUT2D eigenvalue weighted by Crippen LogP contribution is 2.35. The zero-order valence-electron chi connectivity index (χ0n) is 13.6. The third-order valence-electron chi connectivity index (χ3n) is 4.48. The highest BCUT2D eigenvalue weighted by Gasteiger charge is 2.33. The second kappa shape index (κ2) is 5.48. The van der Waals surface area contributed by atoms with Crippen molar-refractivity contribution in [1.29, 1.82) is 0 Å². The molecule has 0 saturated heterocycles. The van der Waals surface area contributed by atoms with Crippen LogP contribution in [0.15, 0.2) is 42.5 Å². The van der Waals surface area contributed by atoms with Gasteiger partial charge < -0.3 is 14.8 Å². The zero-order valence-corrected chi connectivity index (χ0v) is 13.6. The lowest BCUT2D eigenvalue weighted by Crippen LogP contribution is -2.35. The number of para-hydroxylation sites is 2. The molecule has 1 atom stereocenters. The van der Waals surface area contributed by atoms with E-state index in [1.165, 1.54) is 0 Å². The van der Waals surface area contributed by atoms with Crippen molar-refractivity contribution >= 4 is 34.5 Å². The number of imidazole rings is 1. The fraction of sp³-hybridized carbons (Fsp3) is 0.167. The molecule has 0 fully saturated rings. The molecular weight excluding hydrogens is 336 g/mol. The average molecular weight is 350 g/mol. The molecule has 0 aliphatic carbocycles. The Kier molecular flexibility index (Phi) is 3.11. The van der Waals surface area contributed by atoms with Crippen LogP contribution >= 0.6 is 0 Å². The maximum atomic E-state index is 12.9. The molecule has 2 aromatic carbocycles. The Morgan fingerprint density at radius 3 is 2.96 bits per heavy atom. The summed E-state index contributed by atoms with van der Waals surface area (Å²) in [6.07, 6.45) is 0.0454. The van der Waals surface area contributed by atoms with Crippen LogP contribution in [0.3, 0.4) is 0 Å². The summed E-state index contributed by atoms with van der Waals surface area (Å²) >= 11 is 0. The zero-order chi connectivity index (χ0) is 17.7. The maximum absolute atomic E-state index is 12.9. The number of amides is 2. The third-order valence-corrected chi connectivity index (χ3v) is 4.48. The second-order valence-electron chi connectivity index (χ2n) is 6.12. The molecule has 2 aliphatic heterocycles. The monoisotopic (exact) mass is 350 g/mol. The lowest BCUT2D eigenvalue weighted by molar-refractivity contribution is -0.124. The van der Waals surface area contributed by atoms with Gasteiger partial charge in [0.25, 0.3) is 0 Å². The van der Waals surface area contributed by atoms with E-state index in [9.17, 15) is 9.59 Å². The molecule has 8 heteroatoms. The fourth-order valence-corrected chi connectivity index (χ4v) is 3.30. The van der Waals surface area contributed by atoms with Crippen LogP contribution in [-0.4, -0.2) is 28.2 Å². The summed E-state index contributed by atoms with van der Waals surface area (Å²) in [5, 5.41) is 5.58. The molecular formula is C18H14N4O4. The summed E-state index contributed by atoms with van der Waals surface area (Å²) in [7, 11) is 0. The van der Waals surface area contributed by atoms with E-state index in [2.05, 4.69) is 15.6 Å². The van der Waals surface area contributed by atoms with E-state index in [1.54, 1.807) is 22.8 Å². The largest absolute Gasteiger partial charge is 0.454 e. The normalized spacial score (nSPS) is 17.7. The number of nitrogens with zero attached hydrogens (tertiary/aromatic N) is 2. The molecule has 3 aromatic rings. The van der Waals surface area contributed by atoms with Crippen LogP contribution < -0.4 is 20.1 Å². The summed E-state index contributed by atoms with van der Waals surface area (Å²) in [5.41, 5.74) is 2.11. The molecule has 26 heavy (non-hydrogen) atoms. The van der Waals surface area contributed by atoms with Crippen molar-refractivity contribution in [2.75, 3.05) is 17.4 Å². The van der Waals surface area contributed by atoms with Gasteiger partial charge in [-0.05, 0) is 24.3 Å². The first-order chi connectivity index (χ1) is 12.7. The fourth-order valence-electron chi connectivity index (χ4n) is 3.30. The van der Waals surface area contributed by atoms with Gasteiger partial charge in [0.05, 0.1) is 17.5 Å². The molecule has 5 rings (SSSR count). The Labute approximate surface area is 147 Å². The predicted molar refractivity (Wildman–Crippen MR) is 93.2 cm³/mol. The van der Waals surface area contributed by atoms with Gasteiger partial charge in [0.15, 0.2) is 11.5 Å². The summed E-state index contributed by atoms with van der Waals surface area (Å²) in [4.78, 5) is 29.4. The number of carbonyl (C=O) groups is 2. The van der Waals surface area contributed by atoms with Gasteiger partial charge in [0.1, 0.15) is 6.04 Å². The topological polar surface area (TPSA) is 94.5 Å². The van der Waals surface area contributed by atoms with E-state index in [0.717, 1.165) is 11.0 Å². The molecule has 2 amide bonds. The number of carbonyl (C=O) groups excluding carboxylic acids is 2. The van der Waals surface area contributed by atoms with Gasteiger partial charge in [-0.2, -0.15) is 0 Å². The minimum atomic E-state index is -0.684. The number of fused-ring (bicyclic) bond motifs is 4. The SMILES string of the molecule is O=C1C[C@@H](C(=O)Nc2ccc3c(c2)OCO3)n2c(nc3ccccc32)N1. The number of rotatable bonds is 2. The average Bonchev–Trinajstić information content (AvgIpc) is 3.24. The van der Waals surface area contributed by atoms with E-state index in [4.69, 9.17) is 9.47 Å². The van der Waals surface area contributed by atoms with Gasteiger partial charge in [-0.1, -0.05) is 12.1 Å². The number of benzene rings is 2. The van der Waals surface area contributed by atoms with E-state index >= 15 is 0 Å². The molecule has 0 unspecified atom stereocenters. The smallest absolute Gasteiger partial charge is 0.248 e. The van der Waals surface area contributed by atoms with Crippen molar-refractivity contribution in [2.45, 2.75) is 12.5 Å². The van der Waals surface area contributed by atoms with E-state index in [0.29, 0.717) is 23.1 Å². The van der Waals surface area contributed by atoms with Crippen LogP contribution in [0.25, 0.3) is 11.0 Å². The van der Waals surface area contributed by atoms with Crippen LogP contribution in [0.5, 0.6) is 11.5 Å². The van der Waals surface area contributed by atoms with E-state index in [1.807, 2.05) is 24.3 Å². The Bertz CT molecular complexity index is 1060. The Morgan fingerprint density at radius 1 is 1.19 bits per heavy atom. The first kappa shape index (κ1) is 14.8. The van der Waals surface area contributed by atoms with Crippen molar-refractivity contribution in [3.05, 3.63) is 42.5 Å². The van der Waals surface area contributed by atoms with Crippen LogP contribution in [0.2, 0.25) is 0 Å². The van der Waals surface area contributed by atoms with Gasteiger partial charge in [0.2, 0.25) is 24.6 Å². The van der Waals surface area contributed by atoms with Gasteiger partial charge >= 0.3 is 0 Å². The minimum absolute atomic E-state index is 0.0454. The molecule has 0 radical (unpaired) electrons. The number of anilines is 2. The summed E-state index contributed by atoms with van der Waals surface area (Å²) < 4.78 is 12.4. The van der Waals surface area contributed by atoms with Crippen molar-refractivity contribution in [1.82, 2.24) is 9.55 Å². The standard InChI is InChI=1S/C18H14N4O4/c23-16-8-13(22-12-4-2-1-3-11(12)20-18(22)21-16)17(24)19-10-5-6-14-15(7-10)26-9-25-14/h1-7,13H,8-9H2,(H,19,24)(H,20,21,23)/t13-/m0/s1.